The van der Waals surface area contributed by atoms with Gasteiger partial charge in [0.15, 0.2) is 0 Å². The molecule has 0 aliphatic carbocycles. The van der Waals surface area contributed by atoms with Gasteiger partial charge in [0.1, 0.15) is 11.6 Å². The van der Waals surface area contributed by atoms with E-state index in [0.29, 0.717) is 24.0 Å². The fourth-order valence-corrected chi connectivity index (χ4v) is 2.39. The standard InChI is InChI=1S/C9H8F4S.C7H5F4N/c1-2-14-8-5-6(9(11,12)13)3-4-7(8)10;8-5-2-1-4(3-6(5)12)7(9,10)11/h3-5H,2H2,1H3;1-3H,12H2. The van der Waals surface area contributed by atoms with Crippen molar-refractivity contribution in [1.82, 2.24) is 0 Å². The number of halogens is 8. The van der Waals surface area contributed by atoms with Crippen molar-refractivity contribution in [2.75, 3.05) is 11.5 Å². The summed E-state index contributed by atoms with van der Waals surface area (Å²) < 4.78 is 97.7. The topological polar surface area (TPSA) is 26.0 Å². The van der Waals surface area contributed by atoms with Gasteiger partial charge in [-0.2, -0.15) is 26.3 Å². The maximum absolute atomic E-state index is 13.0. The molecule has 26 heavy (non-hydrogen) atoms. The van der Waals surface area contributed by atoms with Gasteiger partial charge in [-0.05, 0) is 42.2 Å². The van der Waals surface area contributed by atoms with Crippen LogP contribution in [0, 0.1) is 11.6 Å². The summed E-state index contributed by atoms with van der Waals surface area (Å²) in [7, 11) is 0. The van der Waals surface area contributed by atoms with E-state index < -0.39 is 40.8 Å². The van der Waals surface area contributed by atoms with Crippen LogP contribution < -0.4 is 5.73 Å². The smallest absolute Gasteiger partial charge is 0.396 e. The van der Waals surface area contributed by atoms with E-state index >= 15 is 0 Å². The second-order valence-electron chi connectivity index (χ2n) is 4.81. The number of hydrogen-bond donors (Lipinski definition) is 1. The lowest BCUT2D eigenvalue weighted by molar-refractivity contribution is -0.138. The molecule has 0 radical (unpaired) electrons. The molecule has 0 atom stereocenters. The normalized spacial score (nSPS) is 11.7. The van der Waals surface area contributed by atoms with Crippen LogP contribution in [0.2, 0.25) is 0 Å². The minimum absolute atomic E-state index is 0.0438. The van der Waals surface area contributed by atoms with Gasteiger partial charge in [-0.1, -0.05) is 6.92 Å². The van der Waals surface area contributed by atoms with Crippen molar-refractivity contribution >= 4 is 17.4 Å². The molecule has 0 aliphatic rings. The maximum Gasteiger partial charge on any atom is 0.416 e. The van der Waals surface area contributed by atoms with E-state index in [1.807, 2.05) is 0 Å². The lowest BCUT2D eigenvalue weighted by Gasteiger charge is -2.08. The van der Waals surface area contributed by atoms with Gasteiger partial charge in [0, 0.05) is 4.90 Å². The highest BCUT2D eigenvalue weighted by Gasteiger charge is 2.31. The quantitative estimate of drug-likeness (QED) is 0.358. The van der Waals surface area contributed by atoms with Crippen LogP contribution in [0.1, 0.15) is 18.1 Å². The molecular weight excluding hydrogens is 390 g/mol. The highest BCUT2D eigenvalue weighted by molar-refractivity contribution is 7.99. The highest BCUT2D eigenvalue weighted by Crippen LogP contribution is 2.33. The first-order valence-corrected chi connectivity index (χ1v) is 7.96. The van der Waals surface area contributed by atoms with E-state index in [0.717, 1.165) is 30.0 Å². The second-order valence-corrected chi connectivity index (χ2v) is 6.12. The monoisotopic (exact) mass is 403 g/mol. The third-order valence-corrected chi connectivity index (χ3v) is 3.79. The number of anilines is 1. The Hall–Kier alpha value is -1.97. The molecule has 10 heteroatoms. The van der Waals surface area contributed by atoms with Crippen molar-refractivity contribution in [3.63, 3.8) is 0 Å². The average Bonchev–Trinajstić information content (AvgIpc) is 2.51. The molecule has 0 unspecified atom stereocenters. The lowest BCUT2D eigenvalue weighted by atomic mass is 10.2. The van der Waals surface area contributed by atoms with Crippen LogP contribution in [0.4, 0.5) is 40.8 Å². The predicted octanol–water partition coefficient (Wildman–Crippen LogP) is 6.38. The molecule has 2 aromatic rings. The molecule has 0 heterocycles. The lowest BCUT2D eigenvalue weighted by Crippen LogP contribution is -2.06. The number of rotatable bonds is 2. The summed E-state index contributed by atoms with van der Waals surface area (Å²) in [6, 6.07) is 4.33. The first kappa shape index (κ1) is 22.1. The Labute approximate surface area is 148 Å². The van der Waals surface area contributed by atoms with Crippen molar-refractivity contribution in [1.29, 1.82) is 0 Å². The molecule has 0 bridgehead atoms. The molecule has 0 saturated heterocycles. The summed E-state index contributed by atoms with van der Waals surface area (Å²) in [5.41, 5.74) is 2.69. The molecule has 2 N–H and O–H groups in total. The number of hydrogen-bond acceptors (Lipinski definition) is 2. The highest BCUT2D eigenvalue weighted by atomic mass is 32.2. The van der Waals surface area contributed by atoms with Crippen LogP contribution in [0.15, 0.2) is 41.3 Å². The number of alkyl halides is 6. The summed E-state index contributed by atoms with van der Waals surface area (Å²) in [6.07, 6.45) is -8.88. The Morgan fingerprint density at radius 2 is 1.27 bits per heavy atom. The van der Waals surface area contributed by atoms with Crippen molar-refractivity contribution < 1.29 is 35.1 Å². The van der Waals surface area contributed by atoms with Gasteiger partial charge in [-0.3, -0.25) is 0 Å². The van der Waals surface area contributed by atoms with Crippen molar-refractivity contribution in [2.24, 2.45) is 0 Å². The first-order chi connectivity index (χ1) is 11.9. The molecule has 0 saturated carbocycles. The molecule has 1 nitrogen and oxygen atoms in total. The number of benzene rings is 2. The second kappa shape index (κ2) is 8.61. The van der Waals surface area contributed by atoms with Crippen molar-refractivity contribution in [2.45, 2.75) is 24.2 Å². The van der Waals surface area contributed by atoms with E-state index in [-0.39, 0.29) is 4.90 Å². The van der Waals surface area contributed by atoms with Crippen LogP contribution in [0.5, 0.6) is 0 Å². The van der Waals surface area contributed by atoms with Crippen molar-refractivity contribution in [3.8, 4) is 0 Å². The molecule has 2 rings (SSSR count). The van der Waals surface area contributed by atoms with Gasteiger partial charge in [0.05, 0.1) is 16.8 Å². The van der Waals surface area contributed by atoms with Gasteiger partial charge in [-0.15, -0.1) is 11.8 Å². The third-order valence-electron chi connectivity index (χ3n) is 2.88. The van der Waals surface area contributed by atoms with Gasteiger partial charge in [0.2, 0.25) is 0 Å². The minimum Gasteiger partial charge on any atom is -0.396 e. The zero-order valence-electron chi connectivity index (χ0n) is 13.2. The van der Waals surface area contributed by atoms with E-state index in [1.54, 1.807) is 6.92 Å². The molecule has 0 aliphatic heterocycles. The van der Waals surface area contributed by atoms with E-state index in [2.05, 4.69) is 0 Å². The zero-order chi connectivity index (χ0) is 20.1. The van der Waals surface area contributed by atoms with E-state index in [4.69, 9.17) is 5.73 Å². The number of thioether (sulfide) groups is 1. The number of nitrogens with two attached hydrogens (primary N) is 1. The molecule has 2 aromatic carbocycles. The Morgan fingerprint density at radius 1 is 0.808 bits per heavy atom. The van der Waals surface area contributed by atoms with Crippen LogP contribution in [0.3, 0.4) is 0 Å². The summed E-state index contributed by atoms with van der Waals surface area (Å²) >= 11 is 1.06. The maximum atomic E-state index is 13.0. The van der Waals surface area contributed by atoms with Crippen LogP contribution in [-0.2, 0) is 12.4 Å². The molecule has 0 amide bonds. The summed E-state index contributed by atoms with van der Waals surface area (Å²) in [6.45, 7) is 1.75. The fraction of sp³-hybridized carbons (Fsp3) is 0.250. The molecular formula is C16H13F8NS. The molecule has 0 aromatic heterocycles. The predicted molar refractivity (Wildman–Crippen MR) is 83.6 cm³/mol. The van der Waals surface area contributed by atoms with Crippen LogP contribution >= 0.6 is 11.8 Å². The van der Waals surface area contributed by atoms with E-state index in [1.165, 1.54) is 0 Å². The van der Waals surface area contributed by atoms with Gasteiger partial charge in [0.25, 0.3) is 0 Å². The van der Waals surface area contributed by atoms with Gasteiger partial charge >= 0.3 is 12.4 Å². The minimum atomic E-state index is -4.47. The Kier molecular flexibility index (Phi) is 7.31. The van der Waals surface area contributed by atoms with Gasteiger partial charge in [-0.25, -0.2) is 8.78 Å². The largest absolute Gasteiger partial charge is 0.416 e. The summed E-state index contributed by atoms with van der Waals surface area (Å²) in [5.74, 6) is -0.911. The molecule has 144 valence electrons. The van der Waals surface area contributed by atoms with E-state index in [9.17, 15) is 35.1 Å². The van der Waals surface area contributed by atoms with Gasteiger partial charge < -0.3 is 5.73 Å². The summed E-state index contributed by atoms with van der Waals surface area (Å²) in [4.78, 5) is 0.0438. The fourth-order valence-electron chi connectivity index (χ4n) is 1.67. The van der Waals surface area contributed by atoms with Crippen LogP contribution in [0.25, 0.3) is 0 Å². The summed E-state index contributed by atoms with van der Waals surface area (Å²) in [5, 5.41) is 0. The SMILES string of the molecule is CCSc1cc(C(F)(F)F)ccc1F.Nc1cc(C(F)(F)F)ccc1F. The average molecular weight is 403 g/mol. The Balaban J connectivity index is 0.000000263. The third kappa shape index (κ3) is 6.40. The Bertz CT molecular complexity index is 740. The zero-order valence-corrected chi connectivity index (χ0v) is 14.0. The Morgan fingerprint density at radius 3 is 1.69 bits per heavy atom. The molecule has 0 spiro atoms. The van der Waals surface area contributed by atoms with Crippen molar-refractivity contribution in [3.05, 3.63) is 59.2 Å². The first-order valence-electron chi connectivity index (χ1n) is 6.98. The van der Waals surface area contributed by atoms with Crippen LogP contribution in [-0.4, -0.2) is 5.75 Å². The molecule has 0 fully saturated rings. The number of nitrogen functional groups attached to an aromatic ring is 1.